The Labute approximate surface area is 97.8 Å². The van der Waals surface area contributed by atoms with E-state index in [0.29, 0.717) is 5.56 Å². The van der Waals surface area contributed by atoms with Gasteiger partial charge in [-0.25, -0.2) is 0 Å². The minimum absolute atomic E-state index is 0.0987. The highest BCUT2D eigenvalue weighted by atomic mass is 35.5. The first-order valence-corrected chi connectivity index (χ1v) is 5.03. The van der Waals surface area contributed by atoms with Gasteiger partial charge >= 0.3 is 5.97 Å². The van der Waals surface area contributed by atoms with Crippen molar-refractivity contribution in [3.05, 3.63) is 38.9 Å². The lowest BCUT2D eigenvalue weighted by Gasteiger charge is -1.99. The fourth-order valence-corrected chi connectivity index (χ4v) is 1.20. The molecule has 0 aliphatic carbocycles. The predicted molar refractivity (Wildman–Crippen MR) is 60.8 cm³/mol. The van der Waals surface area contributed by atoms with Crippen LogP contribution >= 0.6 is 11.6 Å². The second-order valence-corrected chi connectivity index (χ2v) is 3.01. The number of aliphatic carboxylic acids is 1. The Kier molecular flexibility index (Phi) is 6.10. The monoisotopic (exact) mass is 245 g/mol. The molecule has 5 nitrogen and oxygen atoms in total. The van der Waals surface area contributed by atoms with E-state index in [-0.39, 0.29) is 17.1 Å². The van der Waals surface area contributed by atoms with Gasteiger partial charge in [0.2, 0.25) is 0 Å². The highest BCUT2D eigenvalue weighted by Gasteiger charge is 2.11. The topological polar surface area (TPSA) is 80.4 Å². The quantitative estimate of drug-likeness (QED) is 0.656. The van der Waals surface area contributed by atoms with Crippen molar-refractivity contribution >= 4 is 23.3 Å². The van der Waals surface area contributed by atoms with Crippen molar-refractivity contribution in [3.8, 4) is 0 Å². The van der Waals surface area contributed by atoms with Gasteiger partial charge in [0, 0.05) is 12.1 Å². The highest BCUT2D eigenvalue weighted by Crippen LogP contribution is 2.22. The molecule has 1 aromatic rings. The van der Waals surface area contributed by atoms with Gasteiger partial charge < -0.3 is 5.11 Å². The lowest BCUT2D eigenvalue weighted by atomic mass is 10.1. The van der Waals surface area contributed by atoms with Crippen LogP contribution in [-0.4, -0.2) is 16.0 Å². The number of halogens is 1. The van der Waals surface area contributed by atoms with Crippen molar-refractivity contribution in [3.63, 3.8) is 0 Å². The first-order chi connectivity index (χ1) is 7.50. The third-order valence-electron chi connectivity index (χ3n) is 1.59. The average Bonchev–Trinajstić information content (AvgIpc) is 2.23. The van der Waals surface area contributed by atoms with Crippen LogP contribution in [0.1, 0.15) is 19.4 Å². The van der Waals surface area contributed by atoms with Crippen molar-refractivity contribution in [2.24, 2.45) is 0 Å². The maximum Gasteiger partial charge on any atom is 0.307 e. The zero-order valence-electron chi connectivity index (χ0n) is 8.94. The molecule has 0 heterocycles. The molecule has 1 N–H and O–H groups in total. The van der Waals surface area contributed by atoms with E-state index in [0.717, 1.165) is 6.07 Å². The molecule has 0 atom stereocenters. The number of hydrogen-bond donors (Lipinski definition) is 1. The molecule has 0 saturated heterocycles. The Morgan fingerprint density at radius 3 is 2.44 bits per heavy atom. The van der Waals surface area contributed by atoms with Crippen molar-refractivity contribution < 1.29 is 14.8 Å². The second kappa shape index (κ2) is 6.79. The summed E-state index contributed by atoms with van der Waals surface area (Å²) in [4.78, 5) is 20.1. The molecule has 0 aliphatic heterocycles. The van der Waals surface area contributed by atoms with Crippen LogP contribution in [0.3, 0.4) is 0 Å². The lowest BCUT2D eigenvalue weighted by molar-refractivity contribution is -0.384. The van der Waals surface area contributed by atoms with Crippen molar-refractivity contribution in [2.75, 3.05) is 0 Å². The fourth-order valence-electron chi connectivity index (χ4n) is 0.956. The third-order valence-corrected chi connectivity index (χ3v) is 1.94. The molecular formula is C10H12ClNO4. The molecule has 16 heavy (non-hydrogen) atoms. The van der Waals surface area contributed by atoms with Gasteiger partial charge in [0.15, 0.2) is 0 Å². The predicted octanol–water partition coefficient (Wildman–Crippen LogP) is 2.90. The number of carbonyl (C=O) groups is 1. The number of benzene rings is 1. The largest absolute Gasteiger partial charge is 0.481 e. The van der Waals surface area contributed by atoms with Gasteiger partial charge in [-0.1, -0.05) is 31.5 Å². The fraction of sp³-hybridized carbons (Fsp3) is 0.300. The molecule has 0 fully saturated rings. The molecule has 1 rings (SSSR count). The summed E-state index contributed by atoms with van der Waals surface area (Å²) in [6.07, 6.45) is -0.239. The van der Waals surface area contributed by atoms with Crippen molar-refractivity contribution in [1.82, 2.24) is 0 Å². The summed E-state index contributed by atoms with van der Waals surface area (Å²) in [5.74, 6) is -1.03. The molecule has 0 bridgehead atoms. The maximum atomic E-state index is 10.3. The maximum absolute atomic E-state index is 10.3. The van der Waals surface area contributed by atoms with E-state index in [1.807, 2.05) is 13.8 Å². The Hall–Kier alpha value is -1.62. The molecule has 0 saturated carbocycles. The van der Waals surface area contributed by atoms with E-state index in [4.69, 9.17) is 16.7 Å². The van der Waals surface area contributed by atoms with E-state index < -0.39 is 10.9 Å². The van der Waals surface area contributed by atoms with Crippen molar-refractivity contribution in [1.29, 1.82) is 0 Å². The van der Waals surface area contributed by atoms with E-state index >= 15 is 0 Å². The Morgan fingerprint density at radius 1 is 1.50 bits per heavy atom. The van der Waals surface area contributed by atoms with Crippen LogP contribution in [0.25, 0.3) is 0 Å². The molecular weight excluding hydrogens is 234 g/mol. The molecule has 0 unspecified atom stereocenters. The number of carboxylic acids is 1. The van der Waals surface area contributed by atoms with Crippen LogP contribution in [0.4, 0.5) is 5.69 Å². The number of carboxylic acid groups (broad SMARTS) is 1. The van der Waals surface area contributed by atoms with E-state index in [2.05, 4.69) is 0 Å². The standard InChI is InChI=1S/C8H6ClNO4.C2H6/c9-7-4-6(10(13)14)2-1-5(7)3-8(11)12;1-2/h1-2,4H,3H2,(H,11,12);1-2H3. The molecule has 1 aromatic carbocycles. The minimum Gasteiger partial charge on any atom is -0.481 e. The summed E-state index contributed by atoms with van der Waals surface area (Å²) >= 11 is 5.65. The number of nitro benzene ring substituents is 1. The molecule has 0 radical (unpaired) electrons. The number of rotatable bonds is 3. The van der Waals surface area contributed by atoms with Gasteiger partial charge in [-0.2, -0.15) is 0 Å². The zero-order valence-corrected chi connectivity index (χ0v) is 9.69. The van der Waals surface area contributed by atoms with Crippen LogP contribution in [-0.2, 0) is 11.2 Å². The minimum atomic E-state index is -1.03. The number of nitrogens with zero attached hydrogens (tertiary/aromatic N) is 1. The first-order valence-electron chi connectivity index (χ1n) is 4.65. The van der Waals surface area contributed by atoms with Gasteiger partial charge in [0.1, 0.15) is 0 Å². The molecule has 6 heteroatoms. The van der Waals surface area contributed by atoms with Gasteiger partial charge in [-0.05, 0) is 5.56 Å². The van der Waals surface area contributed by atoms with Gasteiger partial charge in [0.05, 0.1) is 16.4 Å². The molecule has 88 valence electrons. The van der Waals surface area contributed by atoms with Crippen LogP contribution in [0.15, 0.2) is 18.2 Å². The molecule has 0 amide bonds. The SMILES string of the molecule is CC.O=C(O)Cc1ccc([N+](=O)[O-])cc1Cl. The van der Waals surface area contributed by atoms with Crippen LogP contribution in [0.5, 0.6) is 0 Å². The number of nitro groups is 1. The molecule has 0 aliphatic rings. The second-order valence-electron chi connectivity index (χ2n) is 2.60. The smallest absolute Gasteiger partial charge is 0.307 e. The summed E-state index contributed by atoms with van der Waals surface area (Å²) in [5.41, 5.74) is 0.217. The van der Waals surface area contributed by atoms with Gasteiger partial charge in [-0.15, -0.1) is 0 Å². The molecule has 0 aromatic heterocycles. The average molecular weight is 246 g/mol. The first kappa shape index (κ1) is 14.4. The molecule has 0 spiro atoms. The summed E-state index contributed by atoms with van der Waals surface area (Å²) in [5, 5.41) is 18.9. The summed E-state index contributed by atoms with van der Waals surface area (Å²) in [7, 11) is 0. The van der Waals surface area contributed by atoms with Crippen LogP contribution in [0.2, 0.25) is 5.02 Å². The summed E-state index contributed by atoms with van der Waals surface area (Å²) < 4.78 is 0. The zero-order chi connectivity index (χ0) is 12.7. The van der Waals surface area contributed by atoms with E-state index in [9.17, 15) is 14.9 Å². The van der Waals surface area contributed by atoms with E-state index in [1.54, 1.807) is 0 Å². The number of non-ortho nitro benzene ring substituents is 1. The van der Waals surface area contributed by atoms with Crippen LogP contribution < -0.4 is 0 Å². The van der Waals surface area contributed by atoms with Gasteiger partial charge in [0.25, 0.3) is 5.69 Å². The van der Waals surface area contributed by atoms with Crippen LogP contribution in [0, 0.1) is 10.1 Å². The van der Waals surface area contributed by atoms with Crippen molar-refractivity contribution in [2.45, 2.75) is 20.3 Å². The summed E-state index contributed by atoms with van der Waals surface area (Å²) in [6, 6.07) is 3.71. The van der Waals surface area contributed by atoms with E-state index in [1.165, 1.54) is 12.1 Å². The normalized spacial score (nSPS) is 8.94. The Bertz CT molecular complexity index is 392. The number of hydrogen-bond acceptors (Lipinski definition) is 3. The third kappa shape index (κ3) is 4.27. The summed E-state index contributed by atoms with van der Waals surface area (Å²) in [6.45, 7) is 4.00. The highest BCUT2D eigenvalue weighted by molar-refractivity contribution is 6.31. The Balaban J connectivity index is 0.00000106. The van der Waals surface area contributed by atoms with Gasteiger partial charge in [-0.3, -0.25) is 14.9 Å². The Morgan fingerprint density at radius 2 is 2.06 bits per heavy atom. The lowest BCUT2D eigenvalue weighted by Crippen LogP contribution is -2.01.